The van der Waals surface area contributed by atoms with Crippen molar-refractivity contribution < 1.29 is 71.2 Å². The molecule has 0 amide bonds. The van der Waals surface area contributed by atoms with Crippen LogP contribution >= 0.6 is 12.3 Å². The number of aromatic hydroxyl groups is 1. The number of anilines is 1. The van der Waals surface area contributed by atoms with Gasteiger partial charge < -0.3 is 10.8 Å². The number of nitrogens with two attached hydrogens (primary N) is 1. The Morgan fingerprint density at radius 2 is 1.42 bits per heavy atom. The van der Waals surface area contributed by atoms with Gasteiger partial charge in [0.05, 0.1) is 28.3 Å². The fourth-order valence-electron chi connectivity index (χ4n) is 3.61. The van der Waals surface area contributed by atoms with Crippen molar-refractivity contribution in [3.8, 4) is 5.75 Å². The number of hydrogen-bond acceptors (Lipinski definition) is 19. The number of nitrogen functional groups attached to an aromatic ring is 1. The predicted octanol–water partition coefficient (Wildman–Crippen LogP) is 2.77. The molecule has 0 unspecified atom stereocenters. The monoisotopic (exact) mass is 733 g/mol. The highest BCUT2D eigenvalue weighted by Crippen LogP contribution is 2.48. The summed E-state index contributed by atoms with van der Waals surface area (Å²) < 4.78 is 135. The lowest BCUT2D eigenvalue weighted by Crippen LogP contribution is -2.12. The molecule has 45 heavy (non-hydrogen) atoms. The van der Waals surface area contributed by atoms with Crippen LogP contribution in [0.1, 0.15) is 0 Å². The molecule has 0 saturated carbocycles. The largest absolute Gasteiger partial charge is 0.505 e. The molecule has 0 atom stereocenters. The van der Waals surface area contributed by atoms with Gasteiger partial charge in [0, 0.05) is 12.4 Å². The van der Waals surface area contributed by atoms with Crippen molar-refractivity contribution in [3.63, 3.8) is 0 Å². The summed E-state index contributed by atoms with van der Waals surface area (Å²) in [4.78, 5) is -3.92. The number of fused-ring (bicyclic) bond motifs is 1. The normalized spacial score (nSPS) is 13.4. The van der Waals surface area contributed by atoms with Gasteiger partial charge in [-0.05, 0) is 30.3 Å². The van der Waals surface area contributed by atoms with Crippen molar-refractivity contribution in [2.45, 2.75) is 19.6 Å². The van der Waals surface area contributed by atoms with Crippen LogP contribution in [0.3, 0.4) is 0 Å². The Bertz CT molecular complexity index is 2150. The van der Waals surface area contributed by atoms with E-state index in [9.17, 15) is 52.4 Å². The molecule has 0 fully saturated rings. The Morgan fingerprint density at radius 3 is 1.98 bits per heavy atom. The second-order valence-electron chi connectivity index (χ2n) is 8.21. The summed E-state index contributed by atoms with van der Waals surface area (Å²) >= 11 is 0.0864. The van der Waals surface area contributed by atoms with Crippen molar-refractivity contribution in [2.75, 3.05) is 25.1 Å². The quantitative estimate of drug-likeness (QED) is 0.0279. The molecule has 0 spiro atoms. The van der Waals surface area contributed by atoms with Gasteiger partial charge in [-0.15, -0.1) is 14.6 Å². The predicted molar refractivity (Wildman–Crippen MR) is 151 cm³/mol. The molecular formula is C19H19N5O16S5. The van der Waals surface area contributed by atoms with Crippen LogP contribution in [0, 0.1) is 0 Å². The van der Waals surface area contributed by atoms with E-state index in [4.69, 9.17) is 11.0 Å². The Hall–Kier alpha value is -3.41. The van der Waals surface area contributed by atoms with Crippen molar-refractivity contribution >= 4 is 86.0 Å². The van der Waals surface area contributed by atoms with Crippen molar-refractivity contribution in [3.05, 3.63) is 30.3 Å². The van der Waals surface area contributed by atoms with Gasteiger partial charge in [0.1, 0.15) is 31.7 Å². The average Bonchev–Trinajstić information content (AvgIpc) is 2.91. The lowest BCUT2D eigenvalue weighted by molar-refractivity contribution is -0.434. The Morgan fingerprint density at radius 1 is 0.822 bits per heavy atom. The molecule has 0 aliphatic heterocycles. The van der Waals surface area contributed by atoms with Crippen LogP contribution in [0.5, 0.6) is 5.75 Å². The number of sulfone groups is 1. The fourth-order valence-corrected chi connectivity index (χ4v) is 7.11. The highest BCUT2D eigenvalue weighted by atomic mass is 32.2. The van der Waals surface area contributed by atoms with E-state index in [-0.39, 0.29) is 12.3 Å². The van der Waals surface area contributed by atoms with E-state index in [1.54, 1.807) is 0 Å². The Labute approximate surface area is 257 Å². The minimum atomic E-state index is -5.26. The zero-order valence-corrected chi connectivity index (χ0v) is 26.0. The molecule has 3 aromatic rings. The summed E-state index contributed by atoms with van der Waals surface area (Å²) in [6.45, 7) is -0.531. The Kier molecular flexibility index (Phi) is 10.8. The molecule has 26 heteroatoms. The molecule has 246 valence electrons. The first-order chi connectivity index (χ1) is 20.7. The third-order valence-corrected chi connectivity index (χ3v) is 10.1. The summed E-state index contributed by atoms with van der Waals surface area (Å²) in [5.41, 5.74) is 3.16. The van der Waals surface area contributed by atoms with Crippen LogP contribution in [0.2, 0.25) is 0 Å². The van der Waals surface area contributed by atoms with Gasteiger partial charge in [0.25, 0.3) is 30.4 Å². The average molecular weight is 734 g/mol. The molecule has 0 aromatic heterocycles. The third kappa shape index (κ3) is 8.25. The lowest BCUT2D eigenvalue weighted by Gasteiger charge is -2.14. The van der Waals surface area contributed by atoms with E-state index in [1.165, 1.54) is 0 Å². The first-order valence-electron chi connectivity index (χ1n) is 11.1. The number of benzene rings is 3. The molecule has 0 bridgehead atoms. The van der Waals surface area contributed by atoms with E-state index in [0.717, 1.165) is 19.2 Å². The zero-order chi connectivity index (χ0) is 34.0. The SMILES string of the molecule is CN=Nc1c(S(=O)(=O)O)cc2c(S(=O)(=O)O)cc(N=Nc3ccc(S(=O)(=O)CCOSOOO)cc3S(=O)(=O)O)c(N)c2c1O. The number of phenolic OH excluding ortho intramolecular Hbond substituents is 1. The summed E-state index contributed by atoms with van der Waals surface area (Å²) in [5, 5.41) is 34.6. The van der Waals surface area contributed by atoms with Crippen LogP contribution in [-0.4, -0.2) is 77.1 Å². The van der Waals surface area contributed by atoms with Gasteiger partial charge in [-0.25, -0.2) is 13.7 Å². The lowest BCUT2D eigenvalue weighted by atomic mass is 10.0. The molecule has 0 aliphatic rings. The number of azo groups is 2. The van der Waals surface area contributed by atoms with Crippen LogP contribution in [0.25, 0.3) is 10.8 Å². The number of phenols is 1. The first-order valence-corrected chi connectivity index (χ1v) is 17.8. The van der Waals surface area contributed by atoms with Gasteiger partial charge in [0.15, 0.2) is 27.9 Å². The number of rotatable bonds is 13. The summed E-state index contributed by atoms with van der Waals surface area (Å²) in [6, 6.07) is 3.28. The topological polar surface area (TPSA) is 341 Å². The van der Waals surface area contributed by atoms with Gasteiger partial charge in [-0.2, -0.15) is 35.5 Å². The van der Waals surface area contributed by atoms with Gasteiger partial charge in [-0.3, -0.25) is 17.8 Å². The molecule has 3 rings (SSSR count). The molecule has 0 heterocycles. The molecule has 7 N–H and O–H groups in total. The summed E-state index contributed by atoms with van der Waals surface area (Å²) in [5.74, 6) is -1.87. The van der Waals surface area contributed by atoms with E-state index in [1.807, 2.05) is 0 Å². The molecule has 0 aliphatic carbocycles. The van der Waals surface area contributed by atoms with Crippen LogP contribution in [-0.2, 0) is 53.7 Å². The van der Waals surface area contributed by atoms with Gasteiger partial charge >= 0.3 is 0 Å². The van der Waals surface area contributed by atoms with Crippen molar-refractivity contribution in [1.82, 2.24) is 0 Å². The molecule has 0 saturated heterocycles. The highest BCUT2D eigenvalue weighted by molar-refractivity contribution is 7.91. The molecule has 3 aromatic carbocycles. The third-order valence-electron chi connectivity index (χ3n) is 5.45. The number of nitrogens with zero attached hydrogens (tertiary/aromatic N) is 4. The first kappa shape index (κ1) is 36.1. The zero-order valence-electron chi connectivity index (χ0n) is 21.9. The van der Waals surface area contributed by atoms with E-state index < -0.39 is 111 Å². The van der Waals surface area contributed by atoms with Gasteiger partial charge in [0.2, 0.25) is 0 Å². The van der Waals surface area contributed by atoms with Gasteiger partial charge in [-0.1, -0.05) is 5.04 Å². The Balaban J connectivity index is 2.24. The standard InChI is InChI=1S/C19H19N5O16S5/c1-21-24-18-15(45(35,36)37)7-10-13(43(29,30)31)8-12(17(20)16(10)19(18)25)23-22-11-3-2-9(6-14(11)44(32,33)34)42(27,28)5-4-38-41-40-39-26/h2-3,6-8,25-26H,4-5,20H2,1H3,(H,29,30,31)(H,32,33,34)(H,35,36,37). The van der Waals surface area contributed by atoms with E-state index in [2.05, 4.69) is 34.0 Å². The van der Waals surface area contributed by atoms with Crippen LogP contribution in [0.4, 0.5) is 22.7 Å². The maximum Gasteiger partial charge on any atom is 0.296 e. The second kappa shape index (κ2) is 13.5. The summed E-state index contributed by atoms with van der Waals surface area (Å²) in [7, 11) is -18.8. The minimum absolute atomic E-state index is 0.0864. The second-order valence-corrected chi connectivity index (χ2v) is 15.0. The smallest absolute Gasteiger partial charge is 0.296 e. The summed E-state index contributed by atoms with van der Waals surface area (Å²) in [6.07, 6.45) is 0. The highest BCUT2D eigenvalue weighted by Gasteiger charge is 2.29. The molecule has 0 radical (unpaired) electrons. The molecular weight excluding hydrogens is 715 g/mol. The fraction of sp³-hybridized carbons (Fsp3) is 0.158. The number of hydrogen-bond donors (Lipinski definition) is 6. The maximum atomic E-state index is 12.6. The minimum Gasteiger partial charge on any atom is -0.505 e. The van der Waals surface area contributed by atoms with Crippen LogP contribution < -0.4 is 5.73 Å². The van der Waals surface area contributed by atoms with Crippen LogP contribution in [0.15, 0.2) is 70.4 Å². The maximum absolute atomic E-state index is 12.6. The van der Waals surface area contributed by atoms with Crippen molar-refractivity contribution in [2.24, 2.45) is 20.5 Å². The molecule has 21 nitrogen and oxygen atoms in total. The van der Waals surface area contributed by atoms with Crippen molar-refractivity contribution in [1.29, 1.82) is 0 Å². The van der Waals surface area contributed by atoms with E-state index >= 15 is 0 Å². The van der Waals surface area contributed by atoms with E-state index in [0.29, 0.717) is 18.2 Å².